The molecule has 3 heteroatoms. The maximum absolute atomic E-state index is 6.52. The molecule has 0 aliphatic carbocycles. The summed E-state index contributed by atoms with van der Waals surface area (Å²) in [7, 11) is 4.07. The first-order valence-corrected chi connectivity index (χ1v) is 8.58. The van der Waals surface area contributed by atoms with E-state index < -0.39 is 0 Å². The highest BCUT2D eigenvalue weighted by Gasteiger charge is 2.41. The fourth-order valence-corrected chi connectivity index (χ4v) is 2.89. The van der Waals surface area contributed by atoms with Gasteiger partial charge in [0.1, 0.15) is 7.85 Å². The third-order valence-electron chi connectivity index (χ3n) is 5.96. The fraction of sp³-hybridized carbons (Fsp3) is 1.00. The Labute approximate surface area is 134 Å². The van der Waals surface area contributed by atoms with Gasteiger partial charge in [-0.3, -0.25) is 0 Å². The van der Waals surface area contributed by atoms with E-state index in [0.717, 1.165) is 25.9 Å². The summed E-state index contributed by atoms with van der Waals surface area (Å²) in [5, 5.41) is 0. The van der Waals surface area contributed by atoms with Crippen molar-refractivity contribution in [2.45, 2.75) is 92.2 Å². The average Bonchev–Trinajstić information content (AvgIpc) is 2.33. The zero-order valence-corrected chi connectivity index (χ0v) is 16.3. The highest BCUT2D eigenvalue weighted by Crippen LogP contribution is 2.43. The van der Waals surface area contributed by atoms with E-state index in [0.29, 0.717) is 11.2 Å². The SMILES string of the molecule is BC(C)C(C)(C)CC(C)OC(C)(C)C(C)(CC)CCOC. The van der Waals surface area contributed by atoms with Crippen LogP contribution < -0.4 is 0 Å². The van der Waals surface area contributed by atoms with Crippen LogP contribution in [0.25, 0.3) is 0 Å². The van der Waals surface area contributed by atoms with E-state index in [4.69, 9.17) is 9.47 Å². The monoisotopic (exact) mass is 298 g/mol. The maximum Gasteiger partial charge on any atom is 0.105 e. The summed E-state index contributed by atoms with van der Waals surface area (Å²) in [6.07, 6.45) is 3.50. The van der Waals surface area contributed by atoms with Crippen LogP contribution in [0.5, 0.6) is 0 Å². The summed E-state index contributed by atoms with van der Waals surface area (Å²) in [4.78, 5) is 0. The highest BCUT2D eigenvalue weighted by molar-refractivity contribution is 6.11. The van der Waals surface area contributed by atoms with Crippen molar-refractivity contribution in [3.05, 3.63) is 0 Å². The molecule has 2 nitrogen and oxygen atoms in total. The van der Waals surface area contributed by atoms with Crippen molar-refractivity contribution >= 4 is 7.85 Å². The molecule has 0 aliphatic rings. The normalized spacial score (nSPS) is 19.1. The van der Waals surface area contributed by atoms with Gasteiger partial charge in [-0.05, 0) is 50.9 Å². The van der Waals surface area contributed by atoms with Gasteiger partial charge in [-0.2, -0.15) is 0 Å². The van der Waals surface area contributed by atoms with Gasteiger partial charge in [0.25, 0.3) is 0 Å². The lowest BCUT2D eigenvalue weighted by atomic mass is 9.66. The van der Waals surface area contributed by atoms with Crippen molar-refractivity contribution in [1.82, 2.24) is 0 Å². The Bertz CT molecular complexity index is 300. The van der Waals surface area contributed by atoms with Crippen molar-refractivity contribution in [3.8, 4) is 0 Å². The molecule has 0 aromatic heterocycles. The molecule has 3 unspecified atom stereocenters. The van der Waals surface area contributed by atoms with E-state index in [1.807, 2.05) is 0 Å². The molecule has 126 valence electrons. The summed E-state index contributed by atoms with van der Waals surface area (Å²) in [6, 6.07) is 0. The predicted molar refractivity (Wildman–Crippen MR) is 95.9 cm³/mol. The lowest BCUT2D eigenvalue weighted by Gasteiger charge is -2.46. The number of ether oxygens (including phenoxy) is 2. The molecule has 0 aromatic rings. The second kappa shape index (κ2) is 8.01. The number of methoxy groups -OCH3 is 1. The van der Waals surface area contributed by atoms with Crippen molar-refractivity contribution in [2.24, 2.45) is 10.8 Å². The van der Waals surface area contributed by atoms with Crippen molar-refractivity contribution in [2.75, 3.05) is 13.7 Å². The van der Waals surface area contributed by atoms with Crippen molar-refractivity contribution in [3.63, 3.8) is 0 Å². The lowest BCUT2D eigenvalue weighted by Crippen LogP contribution is -2.46. The molecule has 0 saturated heterocycles. The Hall–Kier alpha value is -0.0151. The first kappa shape index (κ1) is 21.0. The third-order valence-corrected chi connectivity index (χ3v) is 5.96. The zero-order valence-electron chi connectivity index (χ0n) is 16.3. The Morgan fingerprint density at radius 1 is 1.05 bits per heavy atom. The average molecular weight is 298 g/mol. The van der Waals surface area contributed by atoms with Crippen LogP contribution in [0.4, 0.5) is 0 Å². The van der Waals surface area contributed by atoms with Crippen LogP contribution in [0, 0.1) is 10.8 Å². The summed E-state index contributed by atoms with van der Waals surface area (Å²) in [6.45, 7) is 19.1. The molecule has 0 N–H and O–H groups in total. The fourth-order valence-electron chi connectivity index (χ4n) is 2.89. The van der Waals surface area contributed by atoms with Crippen LogP contribution in [-0.4, -0.2) is 33.3 Å². The minimum atomic E-state index is -0.146. The van der Waals surface area contributed by atoms with E-state index in [9.17, 15) is 0 Å². The summed E-state index contributed by atoms with van der Waals surface area (Å²) in [5.41, 5.74) is 0.302. The summed E-state index contributed by atoms with van der Waals surface area (Å²) >= 11 is 0. The van der Waals surface area contributed by atoms with Gasteiger partial charge >= 0.3 is 0 Å². The molecule has 0 radical (unpaired) electrons. The Balaban J connectivity index is 4.84. The predicted octanol–water partition coefficient (Wildman–Crippen LogP) is 4.48. The molecule has 0 aromatic carbocycles. The molecule has 21 heavy (non-hydrogen) atoms. The second-order valence-electron chi connectivity index (χ2n) is 8.44. The van der Waals surface area contributed by atoms with Gasteiger partial charge in [0, 0.05) is 13.7 Å². The molecule has 0 aliphatic heterocycles. The molecule has 0 heterocycles. The van der Waals surface area contributed by atoms with Crippen LogP contribution in [0.1, 0.15) is 74.7 Å². The minimum Gasteiger partial charge on any atom is -0.385 e. The standard InChI is InChI=1S/C18H39BO2/c1-10-18(8,11-12-20-9)17(6,7)21-14(2)13-16(4,5)15(3)19/h14-15H,10-13,19H2,1-9H3. The Morgan fingerprint density at radius 3 is 1.95 bits per heavy atom. The first-order chi connectivity index (χ1) is 9.42. The van der Waals surface area contributed by atoms with Gasteiger partial charge in [0.15, 0.2) is 0 Å². The molecular weight excluding hydrogens is 259 g/mol. The van der Waals surface area contributed by atoms with Gasteiger partial charge < -0.3 is 9.47 Å². The van der Waals surface area contributed by atoms with Crippen LogP contribution in [0.3, 0.4) is 0 Å². The van der Waals surface area contributed by atoms with Gasteiger partial charge in [-0.1, -0.05) is 40.4 Å². The molecular formula is C18H39BO2. The quantitative estimate of drug-likeness (QED) is 0.554. The molecule has 0 fully saturated rings. The third kappa shape index (κ3) is 5.94. The van der Waals surface area contributed by atoms with Gasteiger partial charge in [-0.15, -0.1) is 0 Å². The molecule has 0 saturated carbocycles. The minimum absolute atomic E-state index is 0.138. The molecule has 0 bridgehead atoms. The zero-order chi connectivity index (χ0) is 16.9. The molecule has 3 atom stereocenters. The van der Waals surface area contributed by atoms with E-state index >= 15 is 0 Å². The van der Waals surface area contributed by atoms with E-state index in [1.54, 1.807) is 7.11 Å². The smallest absolute Gasteiger partial charge is 0.105 e. The van der Waals surface area contributed by atoms with Gasteiger partial charge in [0.2, 0.25) is 0 Å². The van der Waals surface area contributed by atoms with Gasteiger partial charge in [-0.25, -0.2) is 0 Å². The van der Waals surface area contributed by atoms with Crippen LogP contribution in [0.2, 0.25) is 5.82 Å². The largest absolute Gasteiger partial charge is 0.385 e. The first-order valence-electron chi connectivity index (χ1n) is 8.58. The topological polar surface area (TPSA) is 18.5 Å². The highest BCUT2D eigenvalue weighted by atomic mass is 16.5. The maximum atomic E-state index is 6.52. The van der Waals surface area contributed by atoms with E-state index in [1.165, 1.54) is 0 Å². The Morgan fingerprint density at radius 2 is 1.57 bits per heavy atom. The van der Waals surface area contributed by atoms with E-state index in [2.05, 4.69) is 63.2 Å². The van der Waals surface area contributed by atoms with Gasteiger partial charge in [0.05, 0.1) is 11.7 Å². The summed E-state index contributed by atoms with van der Waals surface area (Å²) in [5.74, 6) is 0.665. The second-order valence-corrected chi connectivity index (χ2v) is 8.44. The molecule has 0 spiro atoms. The van der Waals surface area contributed by atoms with Crippen LogP contribution >= 0.6 is 0 Å². The number of hydrogen-bond donors (Lipinski definition) is 0. The van der Waals surface area contributed by atoms with Crippen LogP contribution in [0.15, 0.2) is 0 Å². The number of hydrogen-bond acceptors (Lipinski definition) is 2. The Kier molecular flexibility index (Phi) is 8.01. The molecule has 0 rings (SSSR count). The summed E-state index contributed by atoms with van der Waals surface area (Å²) < 4.78 is 11.8. The van der Waals surface area contributed by atoms with Crippen molar-refractivity contribution < 1.29 is 9.47 Å². The van der Waals surface area contributed by atoms with E-state index in [-0.39, 0.29) is 17.1 Å². The van der Waals surface area contributed by atoms with Crippen molar-refractivity contribution in [1.29, 1.82) is 0 Å². The lowest BCUT2D eigenvalue weighted by molar-refractivity contribution is -0.152. The number of rotatable bonds is 10. The molecule has 0 amide bonds. The van der Waals surface area contributed by atoms with Crippen LogP contribution in [-0.2, 0) is 9.47 Å².